The molecule has 0 radical (unpaired) electrons. The van der Waals surface area contributed by atoms with Crippen molar-refractivity contribution >= 4 is 40.9 Å². The van der Waals surface area contributed by atoms with E-state index in [-0.39, 0.29) is 22.3 Å². The molecule has 10 heteroatoms. The summed E-state index contributed by atoms with van der Waals surface area (Å²) in [4.78, 5) is 42.1. The molecule has 1 aliphatic heterocycles. The Morgan fingerprint density at radius 1 is 1.07 bits per heavy atom. The highest BCUT2D eigenvalue weighted by atomic mass is 32.1. The van der Waals surface area contributed by atoms with Gasteiger partial charge >= 0.3 is 0 Å². The first kappa shape index (κ1) is 21.1. The molecule has 1 aliphatic rings. The van der Waals surface area contributed by atoms with Gasteiger partial charge in [-0.25, -0.2) is 4.98 Å². The van der Waals surface area contributed by atoms with Gasteiger partial charge in [-0.05, 0) is 49.8 Å². The Kier molecular flexibility index (Phi) is 6.17. The molecule has 9 nitrogen and oxygen atoms in total. The minimum absolute atomic E-state index is 0.0398. The highest BCUT2D eigenvalue weighted by Gasteiger charge is 2.37. The number of benzene rings is 1. The van der Waals surface area contributed by atoms with Crippen LogP contribution in [0.1, 0.15) is 19.4 Å². The van der Waals surface area contributed by atoms with Crippen molar-refractivity contribution in [2.24, 2.45) is 0 Å². The topological polar surface area (TPSA) is 106 Å². The van der Waals surface area contributed by atoms with Crippen LogP contribution in [0.4, 0.5) is 5.69 Å². The zero-order valence-corrected chi connectivity index (χ0v) is 17.1. The van der Waals surface area contributed by atoms with Crippen molar-refractivity contribution < 1.29 is 19.2 Å². The first-order valence-electron chi connectivity index (χ1n) is 9.13. The van der Waals surface area contributed by atoms with Crippen LogP contribution in [0.5, 0.6) is 11.6 Å². The molecule has 30 heavy (non-hydrogen) atoms. The SMILES string of the molecule is CCN1C(=O)C(=Cc2ccc(Oc3ccc([N+](=O)[O-])cn3)cc2)C(=O)N(CC)C1=S. The summed E-state index contributed by atoms with van der Waals surface area (Å²) >= 11 is 5.24. The van der Waals surface area contributed by atoms with Gasteiger partial charge in [-0.15, -0.1) is 0 Å². The van der Waals surface area contributed by atoms with Gasteiger partial charge in [0.1, 0.15) is 17.5 Å². The Bertz CT molecular complexity index is 1010. The van der Waals surface area contributed by atoms with Gasteiger partial charge in [0.05, 0.1) is 4.92 Å². The molecule has 1 aromatic heterocycles. The molecule has 2 aromatic rings. The molecular weight excluding hydrogens is 408 g/mol. The maximum atomic E-state index is 12.7. The number of carbonyl (C=O) groups is 2. The predicted molar refractivity (Wildman–Crippen MR) is 113 cm³/mol. The van der Waals surface area contributed by atoms with E-state index in [2.05, 4.69) is 4.98 Å². The lowest BCUT2D eigenvalue weighted by Gasteiger charge is -2.35. The number of nitro groups is 1. The van der Waals surface area contributed by atoms with Crippen LogP contribution in [0.15, 0.2) is 48.2 Å². The Morgan fingerprint density at radius 2 is 1.67 bits per heavy atom. The van der Waals surface area contributed by atoms with Gasteiger partial charge < -0.3 is 4.74 Å². The average molecular weight is 426 g/mol. The summed E-state index contributed by atoms with van der Waals surface area (Å²) in [6, 6.07) is 9.36. The quantitative estimate of drug-likeness (QED) is 0.230. The summed E-state index contributed by atoms with van der Waals surface area (Å²) < 4.78 is 5.56. The minimum Gasteiger partial charge on any atom is -0.439 e. The van der Waals surface area contributed by atoms with Crippen molar-refractivity contribution in [1.82, 2.24) is 14.8 Å². The van der Waals surface area contributed by atoms with Crippen LogP contribution in [0.25, 0.3) is 6.08 Å². The van der Waals surface area contributed by atoms with Crippen LogP contribution in [0, 0.1) is 10.1 Å². The fourth-order valence-electron chi connectivity index (χ4n) is 2.84. The molecule has 0 unspecified atom stereocenters. The largest absolute Gasteiger partial charge is 0.439 e. The van der Waals surface area contributed by atoms with Gasteiger partial charge in [0, 0.05) is 25.2 Å². The van der Waals surface area contributed by atoms with Crippen molar-refractivity contribution in [3.63, 3.8) is 0 Å². The fourth-order valence-corrected chi connectivity index (χ4v) is 3.27. The number of pyridine rings is 1. The van der Waals surface area contributed by atoms with Crippen LogP contribution in [-0.2, 0) is 9.59 Å². The van der Waals surface area contributed by atoms with Gasteiger partial charge in [0.15, 0.2) is 5.11 Å². The van der Waals surface area contributed by atoms with Crippen LogP contribution in [0.3, 0.4) is 0 Å². The lowest BCUT2D eigenvalue weighted by molar-refractivity contribution is -0.385. The van der Waals surface area contributed by atoms with E-state index < -0.39 is 16.7 Å². The number of ether oxygens (including phenoxy) is 1. The number of nitrogens with zero attached hydrogens (tertiary/aromatic N) is 4. The number of hydrogen-bond acceptors (Lipinski definition) is 7. The number of likely N-dealkylation sites (N-methyl/N-ethyl adjacent to an activating group) is 2. The smallest absolute Gasteiger partial charge is 0.287 e. The van der Waals surface area contributed by atoms with Crippen LogP contribution in [-0.4, -0.2) is 49.7 Å². The lowest BCUT2D eigenvalue weighted by Crippen LogP contribution is -2.55. The molecule has 0 bridgehead atoms. The van der Waals surface area contributed by atoms with Gasteiger partial charge in [-0.1, -0.05) is 12.1 Å². The summed E-state index contributed by atoms with van der Waals surface area (Å²) in [5.41, 5.74) is 0.543. The molecular formula is C20H18N4O5S. The first-order chi connectivity index (χ1) is 14.3. The number of carbonyl (C=O) groups excluding carboxylic acids is 2. The Hall–Kier alpha value is -3.66. The first-order valence-corrected chi connectivity index (χ1v) is 9.54. The molecule has 3 rings (SSSR count). The highest BCUT2D eigenvalue weighted by molar-refractivity contribution is 7.80. The third kappa shape index (κ3) is 4.18. The van der Waals surface area contributed by atoms with Crippen molar-refractivity contribution in [3.05, 3.63) is 63.8 Å². The van der Waals surface area contributed by atoms with Crippen molar-refractivity contribution in [2.45, 2.75) is 13.8 Å². The third-order valence-electron chi connectivity index (χ3n) is 4.39. The maximum absolute atomic E-state index is 12.7. The van der Waals surface area contributed by atoms with E-state index in [1.165, 1.54) is 28.0 Å². The molecule has 0 atom stereocenters. The van der Waals surface area contributed by atoms with Crippen molar-refractivity contribution in [3.8, 4) is 11.6 Å². The molecule has 0 spiro atoms. The molecule has 1 aromatic carbocycles. The minimum atomic E-state index is -0.543. The van der Waals surface area contributed by atoms with E-state index in [1.807, 2.05) is 0 Å². The Balaban J connectivity index is 1.80. The normalized spacial score (nSPS) is 14.2. The predicted octanol–water partition coefficient (Wildman–Crippen LogP) is 3.16. The zero-order valence-electron chi connectivity index (χ0n) is 16.3. The third-order valence-corrected chi connectivity index (χ3v) is 4.83. The van der Waals surface area contributed by atoms with E-state index in [0.717, 1.165) is 6.20 Å². The number of amides is 2. The van der Waals surface area contributed by atoms with Crippen LogP contribution in [0.2, 0.25) is 0 Å². The summed E-state index contributed by atoms with van der Waals surface area (Å²) in [5.74, 6) is -0.193. The van der Waals surface area contributed by atoms with Gasteiger partial charge in [0.2, 0.25) is 5.88 Å². The van der Waals surface area contributed by atoms with E-state index in [1.54, 1.807) is 38.1 Å². The Labute approximate surface area is 177 Å². The summed E-state index contributed by atoms with van der Waals surface area (Å²) in [6.07, 6.45) is 2.63. The molecule has 0 saturated carbocycles. The Morgan fingerprint density at radius 3 is 2.13 bits per heavy atom. The lowest BCUT2D eigenvalue weighted by atomic mass is 10.1. The standard InChI is InChI=1S/C20H18N4O5S/c1-3-22-18(25)16(19(26)23(4-2)20(22)30)11-13-5-8-15(9-6-13)29-17-10-7-14(12-21-17)24(27)28/h5-12H,3-4H2,1-2H3. The summed E-state index contributed by atoms with van der Waals surface area (Å²) in [6.45, 7) is 4.33. The zero-order chi connectivity index (χ0) is 21.8. The van der Waals surface area contributed by atoms with Crippen molar-refractivity contribution in [1.29, 1.82) is 0 Å². The number of rotatable bonds is 6. The second kappa shape index (κ2) is 8.78. The highest BCUT2D eigenvalue weighted by Crippen LogP contribution is 2.24. The molecule has 2 heterocycles. The molecule has 154 valence electrons. The molecule has 1 saturated heterocycles. The summed E-state index contributed by atoms with van der Waals surface area (Å²) in [5, 5.41) is 10.9. The van der Waals surface area contributed by atoms with E-state index in [9.17, 15) is 19.7 Å². The van der Waals surface area contributed by atoms with E-state index in [0.29, 0.717) is 24.4 Å². The number of hydrogen-bond donors (Lipinski definition) is 0. The number of aromatic nitrogens is 1. The van der Waals surface area contributed by atoms with Gasteiger partial charge in [-0.2, -0.15) is 0 Å². The van der Waals surface area contributed by atoms with E-state index in [4.69, 9.17) is 17.0 Å². The summed E-state index contributed by atoms with van der Waals surface area (Å²) in [7, 11) is 0. The molecule has 2 amide bonds. The average Bonchev–Trinajstić information content (AvgIpc) is 2.73. The van der Waals surface area contributed by atoms with E-state index >= 15 is 0 Å². The molecule has 0 aliphatic carbocycles. The second-order valence-electron chi connectivity index (χ2n) is 6.22. The van der Waals surface area contributed by atoms with Gasteiger partial charge in [0.25, 0.3) is 17.5 Å². The monoisotopic (exact) mass is 426 g/mol. The van der Waals surface area contributed by atoms with Gasteiger partial charge in [-0.3, -0.25) is 29.5 Å². The van der Waals surface area contributed by atoms with Crippen LogP contribution < -0.4 is 4.74 Å². The second-order valence-corrected chi connectivity index (χ2v) is 6.59. The molecule has 1 fully saturated rings. The van der Waals surface area contributed by atoms with Crippen molar-refractivity contribution in [2.75, 3.05) is 13.1 Å². The maximum Gasteiger partial charge on any atom is 0.287 e. The van der Waals surface area contributed by atoms with Crippen LogP contribution >= 0.6 is 12.2 Å². The fraction of sp³-hybridized carbons (Fsp3) is 0.200. The number of thiocarbonyl (C=S) groups is 1. The molecule has 0 N–H and O–H groups in total.